The van der Waals surface area contributed by atoms with Gasteiger partial charge in [0.15, 0.2) is 5.65 Å². The third-order valence-corrected chi connectivity index (χ3v) is 8.29. The second-order valence-electron chi connectivity index (χ2n) is 6.45. The van der Waals surface area contributed by atoms with Crippen LogP contribution in [0.1, 0.15) is 12.1 Å². The van der Waals surface area contributed by atoms with Gasteiger partial charge < -0.3 is 5.73 Å². The Morgan fingerprint density at radius 2 is 1.94 bits per heavy atom. The van der Waals surface area contributed by atoms with E-state index in [1.807, 2.05) is 12.1 Å². The van der Waals surface area contributed by atoms with Gasteiger partial charge in [-0.2, -0.15) is 0 Å². The molecule has 0 aliphatic heterocycles. The summed E-state index contributed by atoms with van der Waals surface area (Å²) < 4.78 is 58.9. The smallest absolute Gasteiger partial charge is 0.279 e. The molecule has 0 aliphatic rings. The molecule has 0 saturated heterocycles. The van der Waals surface area contributed by atoms with Crippen molar-refractivity contribution in [1.29, 1.82) is 0 Å². The van der Waals surface area contributed by atoms with Crippen LogP contribution in [0.15, 0.2) is 69.9 Å². The first-order valence-corrected chi connectivity index (χ1v) is 12.3. The molecule has 11 heteroatoms. The standard InChI is InChI=1S/C20H18F2N4O2S3/c21-19(22)16-12-15-14(17-6-7-18(29-17)30-25-11-9-23)8-10-24-20(15)26(16)31(27,28)13-4-2-1-3-5-13/h1-8,10,12,19,25H,9,11,23H2. The Labute approximate surface area is 186 Å². The average Bonchev–Trinajstić information content (AvgIpc) is 3.39. The Hall–Kier alpha value is -2.31. The van der Waals surface area contributed by atoms with Gasteiger partial charge in [-0.1, -0.05) is 18.2 Å². The molecule has 0 atom stereocenters. The van der Waals surface area contributed by atoms with Crippen molar-refractivity contribution in [3.8, 4) is 10.4 Å². The maximum atomic E-state index is 13.9. The van der Waals surface area contributed by atoms with Gasteiger partial charge in [0.1, 0.15) is 5.69 Å². The highest BCUT2D eigenvalue weighted by molar-refractivity contribution is 7.99. The van der Waals surface area contributed by atoms with Crippen molar-refractivity contribution < 1.29 is 17.2 Å². The molecule has 6 nitrogen and oxygen atoms in total. The van der Waals surface area contributed by atoms with Crippen molar-refractivity contribution in [3.63, 3.8) is 0 Å². The number of alkyl halides is 2. The number of hydrogen-bond donors (Lipinski definition) is 2. The van der Waals surface area contributed by atoms with E-state index < -0.39 is 22.1 Å². The summed E-state index contributed by atoms with van der Waals surface area (Å²) in [5.74, 6) is 0. The summed E-state index contributed by atoms with van der Waals surface area (Å²) >= 11 is 2.90. The van der Waals surface area contributed by atoms with E-state index in [9.17, 15) is 17.2 Å². The molecular weight excluding hydrogens is 462 g/mol. The number of nitrogens with zero attached hydrogens (tertiary/aromatic N) is 2. The molecule has 4 rings (SSSR count). The van der Waals surface area contributed by atoms with Gasteiger partial charge in [0.25, 0.3) is 16.4 Å². The van der Waals surface area contributed by atoms with Crippen molar-refractivity contribution >= 4 is 44.3 Å². The topological polar surface area (TPSA) is 90.0 Å². The van der Waals surface area contributed by atoms with Gasteiger partial charge in [-0.25, -0.2) is 26.2 Å². The van der Waals surface area contributed by atoms with Crippen LogP contribution in [0.4, 0.5) is 8.78 Å². The fourth-order valence-corrected chi connectivity index (χ4v) is 6.50. The van der Waals surface area contributed by atoms with Crippen LogP contribution in [0.5, 0.6) is 0 Å². The zero-order valence-corrected chi connectivity index (χ0v) is 18.5. The second kappa shape index (κ2) is 9.05. The van der Waals surface area contributed by atoms with E-state index in [1.54, 1.807) is 24.3 Å². The van der Waals surface area contributed by atoms with E-state index in [0.717, 1.165) is 9.09 Å². The Morgan fingerprint density at radius 3 is 2.65 bits per heavy atom. The molecule has 0 aliphatic carbocycles. The van der Waals surface area contributed by atoms with E-state index in [-0.39, 0.29) is 10.5 Å². The van der Waals surface area contributed by atoms with Crippen LogP contribution in [-0.2, 0) is 10.0 Å². The first-order chi connectivity index (χ1) is 14.9. The first kappa shape index (κ1) is 21.9. The highest BCUT2D eigenvalue weighted by Gasteiger charge is 2.29. The van der Waals surface area contributed by atoms with Gasteiger partial charge in [-0.05, 0) is 48.3 Å². The molecule has 0 fully saturated rings. The molecule has 4 aromatic rings. The zero-order valence-electron chi connectivity index (χ0n) is 16.0. The minimum Gasteiger partial charge on any atom is -0.329 e. The predicted molar refractivity (Wildman–Crippen MR) is 120 cm³/mol. The molecule has 0 amide bonds. The number of rotatable bonds is 8. The SMILES string of the molecule is NCCNSc1ccc(-c2ccnc3c2cc(C(F)F)n3S(=O)(=O)c2ccccc2)s1. The molecule has 31 heavy (non-hydrogen) atoms. The number of nitrogens with two attached hydrogens (primary N) is 1. The van der Waals surface area contributed by atoms with Crippen LogP contribution in [0.3, 0.4) is 0 Å². The Balaban J connectivity index is 1.86. The summed E-state index contributed by atoms with van der Waals surface area (Å²) in [5, 5.41) is 0.352. The maximum absolute atomic E-state index is 13.9. The van der Waals surface area contributed by atoms with Crippen molar-refractivity contribution in [2.24, 2.45) is 5.73 Å². The molecule has 0 bridgehead atoms. The number of thiophene rings is 1. The van der Waals surface area contributed by atoms with Crippen molar-refractivity contribution in [2.75, 3.05) is 13.1 Å². The number of hydrogen-bond acceptors (Lipinski definition) is 7. The van der Waals surface area contributed by atoms with Crippen molar-refractivity contribution in [1.82, 2.24) is 13.7 Å². The Morgan fingerprint density at radius 1 is 1.16 bits per heavy atom. The quantitative estimate of drug-likeness (QED) is 0.285. The first-order valence-electron chi connectivity index (χ1n) is 9.22. The lowest BCUT2D eigenvalue weighted by molar-refractivity contribution is 0.145. The Kier molecular flexibility index (Phi) is 6.39. The van der Waals surface area contributed by atoms with Crippen LogP contribution >= 0.6 is 23.3 Å². The van der Waals surface area contributed by atoms with E-state index in [0.29, 0.717) is 28.0 Å². The molecule has 162 valence electrons. The summed E-state index contributed by atoms with van der Waals surface area (Å²) in [6.07, 6.45) is -1.56. The van der Waals surface area contributed by atoms with Gasteiger partial charge in [0, 0.05) is 35.1 Å². The number of nitrogens with one attached hydrogen (secondary N) is 1. The molecule has 0 radical (unpaired) electrons. The third-order valence-electron chi connectivity index (χ3n) is 4.46. The molecule has 1 aromatic carbocycles. The summed E-state index contributed by atoms with van der Waals surface area (Å²) in [7, 11) is -4.25. The van der Waals surface area contributed by atoms with E-state index in [4.69, 9.17) is 5.73 Å². The fraction of sp³-hybridized carbons (Fsp3) is 0.150. The summed E-state index contributed by atoms with van der Waals surface area (Å²) in [6.45, 7) is 1.16. The van der Waals surface area contributed by atoms with Crippen LogP contribution < -0.4 is 10.5 Å². The molecule has 0 saturated carbocycles. The second-order valence-corrected chi connectivity index (χ2v) is 10.5. The van der Waals surface area contributed by atoms with Gasteiger partial charge in [-0.3, -0.25) is 4.72 Å². The predicted octanol–water partition coefficient (Wildman–Crippen LogP) is 4.49. The summed E-state index contributed by atoms with van der Waals surface area (Å²) in [5.41, 5.74) is 5.48. The molecule has 0 spiro atoms. The van der Waals surface area contributed by atoms with E-state index >= 15 is 0 Å². The average molecular weight is 481 g/mol. The van der Waals surface area contributed by atoms with Crippen molar-refractivity contribution in [3.05, 3.63) is 66.5 Å². The lowest BCUT2D eigenvalue weighted by Gasteiger charge is -2.11. The largest absolute Gasteiger partial charge is 0.329 e. The van der Waals surface area contributed by atoms with Crippen molar-refractivity contribution in [2.45, 2.75) is 15.5 Å². The normalized spacial score (nSPS) is 12.1. The van der Waals surface area contributed by atoms with Crippen LogP contribution in [0.25, 0.3) is 21.5 Å². The third kappa shape index (κ3) is 4.23. The Bertz CT molecular complexity index is 1300. The number of benzene rings is 1. The number of fused-ring (bicyclic) bond motifs is 1. The zero-order chi connectivity index (χ0) is 22.0. The van der Waals surface area contributed by atoms with Crippen LogP contribution in [0, 0.1) is 0 Å². The summed E-state index contributed by atoms with van der Waals surface area (Å²) in [6, 6.07) is 14.2. The van der Waals surface area contributed by atoms with E-state index in [1.165, 1.54) is 47.7 Å². The molecule has 3 aromatic heterocycles. The lowest BCUT2D eigenvalue weighted by atomic mass is 10.1. The number of halogens is 2. The summed E-state index contributed by atoms with van der Waals surface area (Å²) in [4.78, 5) is 4.89. The lowest BCUT2D eigenvalue weighted by Crippen LogP contribution is -2.16. The minimum atomic E-state index is -4.25. The number of pyridine rings is 1. The van der Waals surface area contributed by atoms with Gasteiger partial charge in [-0.15, -0.1) is 11.3 Å². The van der Waals surface area contributed by atoms with Gasteiger partial charge >= 0.3 is 0 Å². The van der Waals surface area contributed by atoms with Crippen LogP contribution in [0.2, 0.25) is 0 Å². The highest BCUT2D eigenvalue weighted by Crippen LogP contribution is 2.39. The fourth-order valence-electron chi connectivity index (χ4n) is 3.11. The number of aromatic nitrogens is 2. The maximum Gasteiger partial charge on any atom is 0.279 e. The molecule has 0 unspecified atom stereocenters. The molecule has 3 heterocycles. The molecular formula is C20H18F2N4O2S3. The highest BCUT2D eigenvalue weighted by atomic mass is 32.2. The van der Waals surface area contributed by atoms with Gasteiger partial charge in [0.2, 0.25) is 0 Å². The van der Waals surface area contributed by atoms with E-state index in [2.05, 4.69) is 9.71 Å². The van der Waals surface area contributed by atoms with Crippen LogP contribution in [-0.4, -0.2) is 30.5 Å². The minimum absolute atomic E-state index is 0.0273. The molecule has 3 N–H and O–H groups in total. The van der Waals surface area contributed by atoms with Gasteiger partial charge in [0.05, 0.1) is 9.10 Å². The monoisotopic (exact) mass is 480 g/mol.